The van der Waals surface area contributed by atoms with Crippen LogP contribution in [0.1, 0.15) is 36.2 Å². The lowest BCUT2D eigenvalue weighted by atomic mass is 10.0. The van der Waals surface area contributed by atoms with Crippen molar-refractivity contribution in [2.75, 3.05) is 27.3 Å². The third kappa shape index (κ3) is 3.65. The Bertz CT molecular complexity index is 1010. The van der Waals surface area contributed by atoms with Crippen molar-refractivity contribution in [2.24, 2.45) is 0 Å². The van der Waals surface area contributed by atoms with Gasteiger partial charge in [-0.3, -0.25) is 4.90 Å². The summed E-state index contributed by atoms with van der Waals surface area (Å²) in [5.41, 5.74) is 1.00. The number of aromatic nitrogens is 3. The van der Waals surface area contributed by atoms with E-state index < -0.39 is 0 Å². The highest BCUT2D eigenvalue weighted by atomic mass is 32.1. The summed E-state index contributed by atoms with van der Waals surface area (Å²) in [5.74, 6) is 2.08. The summed E-state index contributed by atoms with van der Waals surface area (Å²) in [6, 6.07) is 5.69. The zero-order valence-corrected chi connectivity index (χ0v) is 18.1. The van der Waals surface area contributed by atoms with Gasteiger partial charge in [-0.2, -0.15) is 4.52 Å². The monoisotopic (exact) mass is 418 g/mol. The standard InChI is InChI=1S/C20H26N4O4S/c1-11-9-23(10-12(2)28-11)17(14-6-7-15(26-4)16(8-14)27-5)18-19(25)24-20(29-18)21-13(3)22-24/h6-8,11-12,17,25H,9-10H2,1-5H3/t11-,12-,17-/m1/s1. The molecule has 3 atom stereocenters. The first-order chi connectivity index (χ1) is 13.9. The van der Waals surface area contributed by atoms with Gasteiger partial charge < -0.3 is 19.3 Å². The lowest BCUT2D eigenvalue weighted by Gasteiger charge is -2.40. The first-order valence-electron chi connectivity index (χ1n) is 9.57. The Balaban J connectivity index is 1.85. The molecule has 0 unspecified atom stereocenters. The van der Waals surface area contributed by atoms with Crippen molar-refractivity contribution in [3.05, 3.63) is 34.5 Å². The summed E-state index contributed by atoms with van der Waals surface area (Å²) < 4.78 is 18.4. The molecule has 3 heterocycles. The summed E-state index contributed by atoms with van der Waals surface area (Å²) in [5, 5.41) is 15.3. The van der Waals surface area contributed by atoms with E-state index in [9.17, 15) is 5.11 Å². The fourth-order valence-electron chi connectivity index (χ4n) is 4.01. The molecule has 1 N–H and O–H groups in total. The number of benzene rings is 1. The first-order valence-corrected chi connectivity index (χ1v) is 10.4. The molecule has 8 nitrogen and oxygen atoms in total. The van der Waals surface area contributed by atoms with E-state index in [2.05, 4.69) is 28.8 Å². The number of hydrogen-bond acceptors (Lipinski definition) is 8. The van der Waals surface area contributed by atoms with Crippen LogP contribution >= 0.6 is 11.3 Å². The second-order valence-electron chi connectivity index (χ2n) is 7.37. The highest BCUT2D eigenvalue weighted by Crippen LogP contribution is 2.42. The number of fused-ring (bicyclic) bond motifs is 1. The molecule has 0 aliphatic carbocycles. The van der Waals surface area contributed by atoms with Crippen LogP contribution in [-0.4, -0.2) is 64.1 Å². The second-order valence-corrected chi connectivity index (χ2v) is 8.38. The van der Waals surface area contributed by atoms with Gasteiger partial charge in [-0.15, -0.1) is 5.10 Å². The fraction of sp³-hybridized carbons (Fsp3) is 0.500. The summed E-state index contributed by atoms with van der Waals surface area (Å²) >= 11 is 1.45. The molecule has 0 bridgehead atoms. The molecule has 1 saturated heterocycles. The van der Waals surface area contributed by atoms with Crippen LogP contribution in [0.25, 0.3) is 4.96 Å². The average molecular weight is 419 g/mol. The van der Waals surface area contributed by atoms with Crippen LogP contribution in [0.2, 0.25) is 0 Å². The van der Waals surface area contributed by atoms with E-state index in [4.69, 9.17) is 14.2 Å². The van der Waals surface area contributed by atoms with E-state index >= 15 is 0 Å². The summed E-state index contributed by atoms with van der Waals surface area (Å²) in [6.45, 7) is 7.45. The SMILES string of the molecule is COc1ccc([C@H](c2sc3nc(C)nn3c2O)N2C[C@@H](C)O[C@H](C)C2)cc1OC. The minimum Gasteiger partial charge on any atom is -0.493 e. The van der Waals surface area contributed by atoms with E-state index in [1.807, 2.05) is 25.1 Å². The maximum Gasteiger partial charge on any atom is 0.230 e. The maximum absolute atomic E-state index is 11.0. The summed E-state index contributed by atoms with van der Waals surface area (Å²) in [7, 11) is 3.24. The third-order valence-electron chi connectivity index (χ3n) is 5.09. The molecule has 0 amide bonds. The predicted molar refractivity (Wildman–Crippen MR) is 110 cm³/mol. The van der Waals surface area contributed by atoms with Crippen molar-refractivity contribution in [1.29, 1.82) is 0 Å². The Labute approximate surface area is 173 Å². The Morgan fingerprint density at radius 2 is 1.86 bits per heavy atom. The van der Waals surface area contributed by atoms with E-state index in [1.165, 1.54) is 15.9 Å². The van der Waals surface area contributed by atoms with Crippen molar-refractivity contribution in [1.82, 2.24) is 19.5 Å². The predicted octanol–water partition coefficient (Wildman–Crippen LogP) is 3.02. The maximum atomic E-state index is 11.0. The molecule has 1 aliphatic rings. The van der Waals surface area contributed by atoms with Gasteiger partial charge >= 0.3 is 0 Å². The van der Waals surface area contributed by atoms with Gasteiger partial charge in [0.25, 0.3) is 0 Å². The van der Waals surface area contributed by atoms with Crippen LogP contribution in [0, 0.1) is 6.92 Å². The van der Waals surface area contributed by atoms with E-state index in [0.29, 0.717) is 22.3 Å². The van der Waals surface area contributed by atoms with Crippen molar-refractivity contribution < 1.29 is 19.3 Å². The molecular weight excluding hydrogens is 392 g/mol. The van der Waals surface area contributed by atoms with Gasteiger partial charge in [0.1, 0.15) is 5.82 Å². The molecule has 1 aliphatic heterocycles. The van der Waals surface area contributed by atoms with Gasteiger partial charge in [0.15, 0.2) is 11.5 Å². The number of rotatable bonds is 5. The fourth-order valence-corrected chi connectivity index (χ4v) is 5.17. The Morgan fingerprint density at radius 1 is 1.17 bits per heavy atom. The molecule has 156 valence electrons. The molecule has 2 aromatic heterocycles. The van der Waals surface area contributed by atoms with Gasteiger partial charge in [0.2, 0.25) is 10.8 Å². The van der Waals surface area contributed by atoms with E-state index in [0.717, 1.165) is 23.5 Å². The van der Waals surface area contributed by atoms with Crippen LogP contribution in [0.15, 0.2) is 18.2 Å². The Morgan fingerprint density at radius 3 is 2.48 bits per heavy atom. The Kier molecular flexibility index (Phi) is 5.37. The van der Waals surface area contributed by atoms with Crippen molar-refractivity contribution in [3.8, 4) is 17.4 Å². The summed E-state index contributed by atoms with van der Waals surface area (Å²) in [4.78, 5) is 8.24. The highest BCUT2D eigenvalue weighted by Gasteiger charge is 2.34. The zero-order valence-electron chi connectivity index (χ0n) is 17.2. The van der Waals surface area contributed by atoms with E-state index in [1.54, 1.807) is 14.2 Å². The van der Waals surface area contributed by atoms with Crippen molar-refractivity contribution in [2.45, 2.75) is 39.0 Å². The lowest BCUT2D eigenvalue weighted by molar-refractivity contribution is -0.0764. The molecule has 9 heteroatoms. The number of aryl methyl sites for hydroxylation is 1. The molecule has 0 saturated carbocycles. The zero-order chi connectivity index (χ0) is 20.7. The number of methoxy groups -OCH3 is 2. The third-order valence-corrected chi connectivity index (χ3v) is 6.16. The molecule has 3 aromatic rings. The largest absolute Gasteiger partial charge is 0.493 e. The smallest absolute Gasteiger partial charge is 0.230 e. The number of nitrogens with zero attached hydrogens (tertiary/aromatic N) is 4. The van der Waals surface area contributed by atoms with Crippen molar-refractivity contribution >= 4 is 16.3 Å². The van der Waals surface area contributed by atoms with Crippen LogP contribution in [0.4, 0.5) is 0 Å². The Hall–Kier alpha value is -2.36. The van der Waals surface area contributed by atoms with Crippen LogP contribution in [0.3, 0.4) is 0 Å². The number of thiazole rings is 1. The van der Waals surface area contributed by atoms with Crippen LogP contribution < -0.4 is 9.47 Å². The normalized spacial score (nSPS) is 21.4. The first kappa shape index (κ1) is 19.9. The molecule has 1 fully saturated rings. The van der Waals surface area contributed by atoms with Crippen molar-refractivity contribution in [3.63, 3.8) is 0 Å². The van der Waals surface area contributed by atoms with Gasteiger partial charge in [-0.05, 0) is 38.5 Å². The quantitative estimate of drug-likeness (QED) is 0.682. The second kappa shape index (κ2) is 7.81. The number of morpholine rings is 1. The molecule has 1 aromatic carbocycles. The number of aromatic hydroxyl groups is 1. The van der Waals surface area contributed by atoms with Gasteiger partial charge in [0.05, 0.1) is 37.3 Å². The molecule has 4 rings (SSSR count). The number of ether oxygens (including phenoxy) is 3. The molecule has 0 spiro atoms. The average Bonchev–Trinajstić information content (AvgIpc) is 3.18. The molecular formula is C20H26N4O4S. The van der Waals surface area contributed by atoms with Gasteiger partial charge in [0, 0.05) is 13.1 Å². The van der Waals surface area contributed by atoms with Crippen LogP contribution in [-0.2, 0) is 4.74 Å². The summed E-state index contributed by atoms with van der Waals surface area (Å²) in [6.07, 6.45) is 0.181. The topological polar surface area (TPSA) is 81.4 Å². The lowest BCUT2D eigenvalue weighted by Crippen LogP contribution is -2.47. The highest BCUT2D eigenvalue weighted by molar-refractivity contribution is 7.17. The molecule has 0 radical (unpaired) electrons. The number of hydrogen-bond donors (Lipinski definition) is 1. The molecule has 29 heavy (non-hydrogen) atoms. The van der Waals surface area contributed by atoms with E-state index in [-0.39, 0.29) is 24.1 Å². The van der Waals surface area contributed by atoms with Gasteiger partial charge in [-0.25, -0.2) is 4.98 Å². The minimum absolute atomic E-state index is 0.0907. The van der Waals surface area contributed by atoms with Crippen LogP contribution in [0.5, 0.6) is 17.4 Å². The van der Waals surface area contributed by atoms with Gasteiger partial charge in [-0.1, -0.05) is 17.4 Å². The minimum atomic E-state index is -0.183.